The Hall–Kier alpha value is -1.13. The van der Waals surface area contributed by atoms with Gasteiger partial charge in [-0.3, -0.25) is 0 Å². The molecule has 1 N–H and O–H groups in total. The van der Waals surface area contributed by atoms with Gasteiger partial charge in [0, 0.05) is 18.7 Å². The number of ether oxygens (including phenoxy) is 2. The summed E-state index contributed by atoms with van der Waals surface area (Å²) < 4.78 is 24.5. The van der Waals surface area contributed by atoms with Crippen molar-refractivity contribution in [1.82, 2.24) is 5.32 Å². The second kappa shape index (κ2) is 6.71. The summed E-state index contributed by atoms with van der Waals surface area (Å²) in [5.41, 5.74) is 1.41. The molecule has 102 valence electrons. The highest BCUT2D eigenvalue weighted by atomic mass is 19.1. The van der Waals surface area contributed by atoms with Gasteiger partial charge in [0.05, 0.1) is 6.61 Å². The fourth-order valence-corrected chi connectivity index (χ4v) is 1.75. The maximum absolute atomic E-state index is 13.6. The molecule has 0 heterocycles. The summed E-state index contributed by atoms with van der Waals surface area (Å²) in [4.78, 5) is 0. The van der Waals surface area contributed by atoms with Gasteiger partial charge in [0.2, 0.25) is 0 Å². The van der Waals surface area contributed by atoms with Crippen LogP contribution in [0.5, 0.6) is 5.75 Å². The molecule has 1 aromatic carbocycles. The third-order valence-corrected chi connectivity index (χ3v) is 2.92. The fraction of sp³-hybridized carbons (Fsp3) is 0.571. The number of aryl methyl sites for hydroxylation is 1. The molecule has 0 aliphatic heterocycles. The summed E-state index contributed by atoms with van der Waals surface area (Å²) in [5.74, 6) is 0.499. The Morgan fingerprint density at radius 1 is 1.33 bits per heavy atom. The SMILES string of the molecule is CNC(C)c1cc(F)c(C)cc1OC(C)COC. The largest absolute Gasteiger partial charge is 0.488 e. The molecule has 0 fully saturated rings. The van der Waals surface area contributed by atoms with Crippen LogP contribution in [0, 0.1) is 12.7 Å². The second-order valence-electron chi connectivity index (χ2n) is 4.53. The van der Waals surface area contributed by atoms with Crippen LogP contribution in [-0.4, -0.2) is 26.9 Å². The van der Waals surface area contributed by atoms with Crippen molar-refractivity contribution in [1.29, 1.82) is 0 Å². The van der Waals surface area contributed by atoms with Gasteiger partial charge in [-0.25, -0.2) is 4.39 Å². The lowest BCUT2D eigenvalue weighted by atomic mass is 10.0. The van der Waals surface area contributed by atoms with E-state index in [1.165, 1.54) is 6.07 Å². The molecule has 0 spiro atoms. The Bertz CT molecular complexity index is 396. The molecule has 0 aromatic heterocycles. The van der Waals surface area contributed by atoms with Crippen LogP contribution in [0.3, 0.4) is 0 Å². The molecule has 1 aromatic rings. The Morgan fingerprint density at radius 3 is 2.56 bits per heavy atom. The van der Waals surface area contributed by atoms with E-state index in [0.29, 0.717) is 17.9 Å². The number of nitrogens with one attached hydrogen (secondary N) is 1. The van der Waals surface area contributed by atoms with E-state index in [4.69, 9.17) is 9.47 Å². The molecule has 18 heavy (non-hydrogen) atoms. The van der Waals surface area contributed by atoms with E-state index < -0.39 is 0 Å². The highest BCUT2D eigenvalue weighted by Crippen LogP contribution is 2.29. The molecular formula is C14H22FNO2. The van der Waals surface area contributed by atoms with Crippen molar-refractivity contribution in [2.75, 3.05) is 20.8 Å². The first-order valence-corrected chi connectivity index (χ1v) is 6.12. The first-order valence-electron chi connectivity index (χ1n) is 6.12. The maximum Gasteiger partial charge on any atom is 0.126 e. The van der Waals surface area contributed by atoms with Crippen LogP contribution in [0.4, 0.5) is 4.39 Å². The molecule has 2 unspecified atom stereocenters. The lowest BCUT2D eigenvalue weighted by Crippen LogP contribution is -2.21. The summed E-state index contributed by atoms with van der Waals surface area (Å²) in [6.07, 6.45) is -0.0670. The summed E-state index contributed by atoms with van der Waals surface area (Å²) in [7, 11) is 3.47. The first kappa shape index (κ1) is 14.9. The number of methoxy groups -OCH3 is 1. The lowest BCUT2D eigenvalue weighted by molar-refractivity contribution is 0.0910. The molecule has 0 saturated carbocycles. The van der Waals surface area contributed by atoms with Crippen LogP contribution >= 0.6 is 0 Å². The van der Waals surface area contributed by atoms with Crippen LogP contribution in [0.25, 0.3) is 0 Å². The summed E-state index contributed by atoms with van der Waals surface area (Å²) in [6.45, 7) is 6.13. The monoisotopic (exact) mass is 255 g/mol. The molecule has 0 bridgehead atoms. The number of rotatable bonds is 6. The standard InChI is InChI=1S/C14H22FNO2/c1-9-6-14(18-10(2)8-17-5)12(7-13(9)15)11(3)16-4/h6-7,10-11,16H,8H2,1-5H3. The van der Waals surface area contributed by atoms with Crippen molar-refractivity contribution in [2.45, 2.75) is 32.9 Å². The van der Waals surface area contributed by atoms with Gasteiger partial charge in [-0.15, -0.1) is 0 Å². The third kappa shape index (κ3) is 3.68. The molecule has 1 rings (SSSR count). The maximum atomic E-state index is 13.6. The first-order chi connectivity index (χ1) is 8.49. The number of benzene rings is 1. The Balaban J connectivity index is 3.03. The van der Waals surface area contributed by atoms with E-state index in [-0.39, 0.29) is 18.0 Å². The highest BCUT2D eigenvalue weighted by Gasteiger charge is 2.15. The second-order valence-corrected chi connectivity index (χ2v) is 4.53. The van der Waals surface area contributed by atoms with Crippen molar-refractivity contribution >= 4 is 0 Å². The fourth-order valence-electron chi connectivity index (χ4n) is 1.75. The molecule has 0 aliphatic carbocycles. The van der Waals surface area contributed by atoms with Gasteiger partial charge in [-0.1, -0.05) is 0 Å². The van der Waals surface area contributed by atoms with Gasteiger partial charge in [0.1, 0.15) is 17.7 Å². The van der Waals surface area contributed by atoms with Gasteiger partial charge >= 0.3 is 0 Å². The van der Waals surface area contributed by atoms with Crippen LogP contribution in [0.2, 0.25) is 0 Å². The predicted molar refractivity (Wildman–Crippen MR) is 70.6 cm³/mol. The van der Waals surface area contributed by atoms with Gasteiger partial charge in [0.25, 0.3) is 0 Å². The zero-order valence-corrected chi connectivity index (χ0v) is 11.7. The predicted octanol–water partition coefficient (Wildman–Crippen LogP) is 2.83. The smallest absolute Gasteiger partial charge is 0.126 e. The van der Waals surface area contributed by atoms with Crippen LogP contribution in [0.15, 0.2) is 12.1 Å². The zero-order valence-electron chi connectivity index (χ0n) is 11.7. The van der Waals surface area contributed by atoms with E-state index in [1.807, 2.05) is 20.9 Å². The van der Waals surface area contributed by atoms with Crippen LogP contribution in [0.1, 0.15) is 31.0 Å². The summed E-state index contributed by atoms with van der Waals surface area (Å²) in [6, 6.07) is 3.31. The van der Waals surface area contributed by atoms with E-state index in [0.717, 1.165) is 5.56 Å². The van der Waals surface area contributed by atoms with Gasteiger partial charge in [-0.2, -0.15) is 0 Å². The average Bonchev–Trinajstić information content (AvgIpc) is 2.32. The average molecular weight is 255 g/mol. The van der Waals surface area contributed by atoms with Gasteiger partial charge < -0.3 is 14.8 Å². The molecule has 0 saturated heterocycles. The van der Waals surface area contributed by atoms with Crippen molar-refractivity contribution in [3.63, 3.8) is 0 Å². The minimum absolute atomic E-state index is 0.0323. The van der Waals surface area contributed by atoms with Gasteiger partial charge in [-0.05, 0) is 45.5 Å². The zero-order chi connectivity index (χ0) is 13.7. The van der Waals surface area contributed by atoms with Crippen molar-refractivity contribution in [3.8, 4) is 5.75 Å². The summed E-state index contributed by atoms with van der Waals surface area (Å²) >= 11 is 0. The Morgan fingerprint density at radius 2 is 2.00 bits per heavy atom. The van der Waals surface area contributed by atoms with Crippen molar-refractivity contribution in [3.05, 3.63) is 29.1 Å². The minimum atomic E-state index is -0.209. The Kier molecular flexibility index (Phi) is 5.56. The van der Waals surface area contributed by atoms with E-state index in [9.17, 15) is 4.39 Å². The van der Waals surface area contributed by atoms with Crippen LogP contribution in [-0.2, 0) is 4.74 Å². The van der Waals surface area contributed by atoms with Crippen molar-refractivity contribution < 1.29 is 13.9 Å². The topological polar surface area (TPSA) is 30.5 Å². The van der Waals surface area contributed by atoms with E-state index >= 15 is 0 Å². The third-order valence-electron chi connectivity index (χ3n) is 2.92. The van der Waals surface area contributed by atoms with E-state index in [1.54, 1.807) is 20.1 Å². The van der Waals surface area contributed by atoms with E-state index in [2.05, 4.69) is 5.32 Å². The molecule has 3 nitrogen and oxygen atoms in total. The minimum Gasteiger partial charge on any atom is -0.488 e. The normalized spacial score (nSPS) is 14.3. The number of halogens is 1. The van der Waals surface area contributed by atoms with Crippen molar-refractivity contribution in [2.24, 2.45) is 0 Å². The highest BCUT2D eigenvalue weighted by molar-refractivity contribution is 5.40. The lowest BCUT2D eigenvalue weighted by Gasteiger charge is -2.21. The number of hydrogen-bond donors (Lipinski definition) is 1. The quantitative estimate of drug-likeness (QED) is 0.848. The van der Waals surface area contributed by atoms with Gasteiger partial charge in [0.15, 0.2) is 0 Å². The Labute approximate surface area is 108 Å². The van der Waals surface area contributed by atoms with Crippen LogP contribution < -0.4 is 10.1 Å². The molecule has 0 aliphatic rings. The molecule has 0 amide bonds. The summed E-state index contributed by atoms with van der Waals surface area (Å²) in [5, 5.41) is 3.10. The molecular weight excluding hydrogens is 233 g/mol. The molecule has 2 atom stereocenters. The molecule has 4 heteroatoms. The molecule has 0 radical (unpaired) electrons. The number of hydrogen-bond acceptors (Lipinski definition) is 3.